The third-order valence-corrected chi connectivity index (χ3v) is 4.52. The van der Waals surface area contributed by atoms with Crippen LogP contribution in [0.3, 0.4) is 0 Å². The van der Waals surface area contributed by atoms with Crippen molar-refractivity contribution in [1.29, 1.82) is 0 Å². The Bertz CT molecular complexity index is 640. The maximum atomic E-state index is 6.27. The Hall–Kier alpha value is -1.96. The third kappa shape index (κ3) is 3.05. The van der Waals surface area contributed by atoms with Gasteiger partial charge in [0.2, 0.25) is 0 Å². The standard InChI is InChI=1S/C19H24N2/c1-14-5-6-16(11-15(14)2)12-17-7-8-19(18(20)13-17)21-9-3-4-10-21/h5-8,11,13H,3-4,9-10,12,20H2,1-2H3. The number of hydrogen-bond acceptors (Lipinski definition) is 2. The average Bonchev–Trinajstić information content (AvgIpc) is 2.97. The zero-order valence-corrected chi connectivity index (χ0v) is 13.0. The molecular weight excluding hydrogens is 256 g/mol. The summed E-state index contributed by atoms with van der Waals surface area (Å²) in [5.74, 6) is 0. The van der Waals surface area contributed by atoms with Crippen LogP contribution in [0.15, 0.2) is 36.4 Å². The molecule has 1 heterocycles. The first-order valence-corrected chi connectivity index (χ1v) is 7.83. The molecule has 2 N–H and O–H groups in total. The molecule has 0 aliphatic carbocycles. The molecule has 1 aliphatic rings. The van der Waals surface area contributed by atoms with Crippen molar-refractivity contribution in [2.24, 2.45) is 0 Å². The van der Waals surface area contributed by atoms with E-state index in [0.717, 1.165) is 25.2 Å². The lowest BCUT2D eigenvalue weighted by molar-refractivity contribution is 0.949. The molecule has 0 amide bonds. The van der Waals surface area contributed by atoms with Crippen LogP contribution in [0.25, 0.3) is 0 Å². The summed E-state index contributed by atoms with van der Waals surface area (Å²) >= 11 is 0. The van der Waals surface area contributed by atoms with Gasteiger partial charge in [-0.2, -0.15) is 0 Å². The molecule has 2 aromatic rings. The van der Waals surface area contributed by atoms with Crippen LogP contribution in [0.4, 0.5) is 11.4 Å². The molecule has 0 spiro atoms. The van der Waals surface area contributed by atoms with E-state index >= 15 is 0 Å². The topological polar surface area (TPSA) is 29.3 Å². The van der Waals surface area contributed by atoms with Crippen molar-refractivity contribution in [3.05, 3.63) is 58.7 Å². The van der Waals surface area contributed by atoms with Gasteiger partial charge in [-0.05, 0) is 67.5 Å². The van der Waals surface area contributed by atoms with Gasteiger partial charge in [-0.1, -0.05) is 24.3 Å². The summed E-state index contributed by atoms with van der Waals surface area (Å²) in [5, 5.41) is 0. The summed E-state index contributed by atoms with van der Waals surface area (Å²) in [6.07, 6.45) is 3.51. The van der Waals surface area contributed by atoms with Crippen LogP contribution in [-0.2, 0) is 6.42 Å². The fraction of sp³-hybridized carbons (Fsp3) is 0.368. The fourth-order valence-electron chi connectivity index (χ4n) is 3.11. The van der Waals surface area contributed by atoms with Gasteiger partial charge in [-0.15, -0.1) is 0 Å². The quantitative estimate of drug-likeness (QED) is 0.859. The summed E-state index contributed by atoms with van der Waals surface area (Å²) < 4.78 is 0. The molecule has 3 rings (SSSR count). The number of hydrogen-bond donors (Lipinski definition) is 1. The Morgan fingerprint density at radius 2 is 1.57 bits per heavy atom. The molecule has 1 fully saturated rings. The molecule has 2 heteroatoms. The van der Waals surface area contributed by atoms with Gasteiger partial charge in [0.05, 0.1) is 11.4 Å². The lowest BCUT2D eigenvalue weighted by atomic mass is 10.00. The van der Waals surface area contributed by atoms with E-state index in [1.54, 1.807) is 0 Å². The highest BCUT2D eigenvalue weighted by Gasteiger charge is 2.14. The fourth-order valence-corrected chi connectivity index (χ4v) is 3.11. The van der Waals surface area contributed by atoms with Gasteiger partial charge < -0.3 is 10.6 Å². The van der Waals surface area contributed by atoms with Crippen LogP contribution in [-0.4, -0.2) is 13.1 Å². The van der Waals surface area contributed by atoms with Crippen LogP contribution in [0.2, 0.25) is 0 Å². The van der Waals surface area contributed by atoms with E-state index in [2.05, 4.69) is 55.1 Å². The van der Waals surface area contributed by atoms with Gasteiger partial charge >= 0.3 is 0 Å². The third-order valence-electron chi connectivity index (χ3n) is 4.52. The second-order valence-electron chi connectivity index (χ2n) is 6.18. The summed E-state index contributed by atoms with van der Waals surface area (Å²) in [6.45, 7) is 6.60. The molecular formula is C19H24N2. The molecule has 0 bridgehead atoms. The first-order valence-electron chi connectivity index (χ1n) is 7.83. The Balaban J connectivity index is 1.79. The first kappa shape index (κ1) is 14.0. The highest BCUT2D eigenvalue weighted by atomic mass is 15.1. The summed E-state index contributed by atoms with van der Waals surface area (Å²) in [5.41, 5.74) is 13.7. The summed E-state index contributed by atoms with van der Waals surface area (Å²) in [7, 11) is 0. The molecule has 110 valence electrons. The Kier molecular flexibility index (Phi) is 3.87. The molecule has 2 nitrogen and oxygen atoms in total. The molecule has 0 radical (unpaired) electrons. The van der Waals surface area contributed by atoms with Crippen LogP contribution < -0.4 is 10.6 Å². The maximum Gasteiger partial charge on any atom is 0.0600 e. The van der Waals surface area contributed by atoms with E-state index in [1.807, 2.05) is 0 Å². The predicted molar refractivity (Wildman–Crippen MR) is 91.0 cm³/mol. The second-order valence-corrected chi connectivity index (χ2v) is 6.18. The van der Waals surface area contributed by atoms with Crippen molar-refractivity contribution in [1.82, 2.24) is 0 Å². The Morgan fingerprint density at radius 1 is 0.905 bits per heavy atom. The van der Waals surface area contributed by atoms with Crippen molar-refractivity contribution >= 4 is 11.4 Å². The van der Waals surface area contributed by atoms with Gasteiger partial charge in [-0.3, -0.25) is 0 Å². The number of benzene rings is 2. The van der Waals surface area contributed by atoms with E-state index in [1.165, 1.54) is 40.8 Å². The number of nitrogens with two attached hydrogens (primary N) is 1. The van der Waals surface area contributed by atoms with Crippen LogP contribution in [0, 0.1) is 13.8 Å². The minimum atomic E-state index is 0.915. The Labute approximate surface area is 127 Å². The van der Waals surface area contributed by atoms with Gasteiger partial charge in [0, 0.05) is 13.1 Å². The zero-order valence-electron chi connectivity index (χ0n) is 13.0. The molecule has 1 saturated heterocycles. The number of nitrogens with zero attached hydrogens (tertiary/aromatic N) is 1. The number of aryl methyl sites for hydroxylation is 2. The van der Waals surface area contributed by atoms with Crippen LogP contribution in [0.1, 0.15) is 35.1 Å². The summed E-state index contributed by atoms with van der Waals surface area (Å²) in [6, 6.07) is 13.2. The van der Waals surface area contributed by atoms with Gasteiger partial charge in [-0.25, -0.2) is 0 Å². The minimum absolute atomic E-state index is 0.915. The van der Waals surface area contributed by atoms with E-state index in [9.17, 15) is 0 Å². The van der Waals surface area contributed by atoms with E-state index in [4.69, 9.17) is 5.73 Å². The number of nitrogen functional groups attached to an aromatic ring is 1. The largest absolute Gasteiger partial charge is 0.397 e. The lowest BCUT2D eigenvalue weighted by Gasteiger charge is -2.20. The molecule has 0 unspecified atom stereocenters. The normalized spacial score (nSPS) is 14.7. The zero-order chi connectivity index (χ0) is 14.8. The molecule has 1 aliphatic heterocycles. The molecule has 0 aromatic heterocycles. The Morgan fingerprint density at radius 3 is 2.24 bits per heavy atom. The smallest absolute Gasteiger partial charge is 0.0600 e. The van der Waals surface area contributed by atoms with Crippen molar-refractivity contribution < 1.29 is 0 Å². The van der Waals surface area contributed by atoms with Crippen molar-refractivity contribution in [2.45, 2.75) is 33.1 Å². The minimum Gasteiger partial charge on any atom is -0.397 e. The monoisotopic (exact) mass is 280 g/mol. The predicted octanol–water partition coefficient (Wildman–Crippen LogP) is 4.08. The molecule has 2 aromatic carbocycles. The number of rotatable bonds is 3. The van der Waals surface area contributed by atoms with Gasteiger partial charge in [0.25, 0.3) is 0 Å². The number of anilines is 2. The molecule has 21 heavy (non-hydrogen) atoms. The molecule has 0 atom stereocenters. The summed E-state index contributed by atoms with van der Waals surface area (Å²) in [4.78, 5) is 2.40. The van der Waals surface area contributed by atoms with Crippen LogP contribution >= 0.6 is 0 Å². The SMILES string of the molecule is Cc1ccc(Cc2ccc(N3CCCC3)c(N)c2)cc1C. The first-order chi connectivity index (χ1) is 10.1. The van der Waals surface area contributed by atoms with Gasteiger partial charge in [0.15, 0.2) is 0 Å². The van der Waals surface area contributed by atoms with E-state index < -0.39 is 0 Å². The highest BCUT2D eigenvalue weighted by Crippen LogP contribution is 2.28. The lowest BCUT2D eigenvalue weighted by Crippen LogP contribution is -2.19. The van der Waals surface area contributed by atoms with Gasteiger partial charge in [0.1, 0.15) is 0 Å². The highest BCUT2D eigenvalue weighted by molar-refractivity contribution is 5.69. The van der Waals surface area contributed by atoms with Crippen molar-refractivity contribution in [3.8, 4) is 0 Å². The maximum absolute atomic E-state index is 6.27. The van der Waals surface area contributed by atoms with Crippen molar-refractivity contribution in [2.75, 3.05) is 23.7 Å². The molecule has 0 saturated carbocycles. The van der Waals surface area contributed by atoms with E-state index in [0.29, 0.717) is 0 Å². The second kappa shape index (κ2) is 5.80. The average molecular weight is 280 g/mol. The van der Waals surface area contributed by atoms with Crippen molar-refractivity contribution in [3.63, 3.8) is 0 Å². The van der Waals surface area contributed by atoms with E-state index in [-0.39, 0.29) is 0 Å². The van der Waals surface area contributed by atoms with Crippen LogP contribution in [0.5, 0.6) is 0 Å².